The average Bonchev–Trinajstić information content (AvgIpc) is 3.13. The maximum atomic E-state index is 13.1. The van der Waals surface area contributed by atoms with E-state index < -0.39 is 18.1 Å². The lowest BCUT2D eigenvalue weighted by molar-refractivity contribution is -0.138. The Bertz CT molecular complexity index is 978. The zero-order chi connectivity index (χ0) is 24.7. The summed E-state index contributed by atoms with van der Waals surface area (Å²) in [6.07, 6.45) is -0.306. The number of carbonyl (C=O) groups is 3. The van der Waals surface area contributed by atoms with E-state index in [2.05, 4.69) is 29.6 Å². The lowest BCUT2D eigenvalue weighted by Gasteiger charge is -2.28. The van der Waals surface area contributed by atoms with Crippen molar-refractivity contribution in [2.45, 2.75) is 31.7 Å². The molecule has 0 aromatic heterocycles. The van der Waals surface area contributed by atoms with Crippen LogP contribution in [-0.4, -0.2) is 79.3 Å². The van der Waals surface area contributed by atoms with Crippen molar-refractivity contribution in [3.05, 3.63) is 59.7 Å². The van der Waals surface area contributed by atoms with Crippen LogP contribution in [0.4, 0.5) is 4.79 Å². The smallest absolute Gasteiger partial charge is 0.407 e. The molecule has 0 unspecified atom stereocenters. The predicted octanol–water partition coefficient (Wildman–Crippen LogP) is 3.17. The first-order chi connectivity index (χ1) is 16.3. The number of rotatable bonds is 11. The second-order valence-electron chi connectivity index (χ2n) is 8.70. The largest absolute Gasteiger partial charge is 0.481 e. The molecular formula is C26H33N3O5. The molecule has 2 N–H and O–H groups in total. The van der Waals surface area contributed by atoms with Crippen LogP contribution in [0.1, 0.15) is 36.8 Å². The number of aliphatic carboxylic acids is 1. The SMILES string of the molecule is CCN(CCCC(=O)O)C(=O)[C@H](CN(C)C)NC(=O)OCC1c2ccccc2-c2ccccc21. The van der Waals surface area contributed by atoms with Crippen LogP contribution in [0.5, 0.6) is 0 Å². The highest BCUT2D eigenvalue weighted by Crippen LogP contribution is 2.44. The Hall–Kier alpha value is -3.39. The standard InChI is InChI=1S/C26H33N3O5/c1-4-29(15-9-14-24(30)31)25(32)23(16-28(2)3)27-26(33)34-17-22-20-12-7-5-10-18(20)19-11-6-8-13-21(19)22/h5-8,10-13,22-23H,4,9,14-17H2,1-3H3,(H,27,33)(H,30,31)/t23-/m0/s1. The number of carboxylic acids is 1. The van der Waals surface area contributed by atoms with E-state index in [0.717, 1.165) is 22.3 Å². The average molecular weight is 468 g/mol. The molecule has 8 nitrogen and oxygen atoms in total. The van der Waals surface area contributed by atoms with E-state index in [9.17, 15) is 14.4 Å². The van der Waals surface area contributed by atoms with Crippen molar-refractivity contribution < 1.29 is 24.2 Å². The molecule has 0 radical (unpaired) electrons. The summed E-state index contributed by atoms with van der Waals surface area (Å²) in [6, 6.07) is 15.4. The van der Waals surface area contributed by atoms with Gasteiger partial charge in [-0.05, 0) is 49.7 Å². The third-order valence-electron chi connectivity index (χ3n) is 5.99. The summed E-state index contributed by atoms with van der Waals surface area (Å²) in [5.41, 5.74) is 4.53. The van der Waals surface area contributed by atoms with E-state index in [1.165, 1.54) is 0 Å². The maximum Gasteiger partial charge on any atom is 0.407 e. The molecule has 3 rings (SSSR count). The third kappa shape index (κ3) is 6.14. The van der Waals surface area contributed by atoms with Gasteiger partial charge in [0.05, 0.1) is 0 Å². The Labute approximate surface area is 200 Å². The molecule has 1 aliphatic rings. The van der Waals surface area contributed by atoms with Gasteiger partial charge in [0.15, 0.2) is 0 Å². The van der Waals surface area contributed by atoms with Crippen molar-refractivity contribution >= 4 is 18.0 Å². The molecule has 0 aliphatic heterocycles. The van der Waals surface area contributed by atoms with Gasteiger partial charge in [0.2, 0.25) is 5.91 Å². The van der Waals surface area contributed by atoms with Crippen LogP contribution in [-0.2, 0) is 14.3 Å². The molecule has 0 bridgehead atoms. The number of likely N-dealkylation sites (N-methyl/N-ethyl adjacent to an activating group) is 2. The van der Waals surface area contributed by atoms with E-state index in [4.69, 9.17) is 9.84 Å². The van der Waals surface area contributed by atoms with Crippen LogP contribution in [0.2, 0.25) is 0 Å². The highest BCUT2D eigenvalue weighted by atomic mass is 16.5. The number of benzene rings is 2. The molecule has 0 fully saturated rings. The highest BCUT2D eigenvalue weighted by molar-refractivity contribution is 5.86. The first-order valence-electron chi connectivity index (χ1n) is 11.6. The molecule has 34 heavy (non-hydrogen) atoms. The molecule has 182 valence electrons. The van der Waals surface area contributed by atoms with Crippen LogP contribution in [0, 0.1) is 0 Å². The number of ether oxygens (including phenoxy) is 1. The zero-order valence-electron chi connectivity index (χ0n) is 20.0. The van der Waals surface area contributed by atoms with Crippen molar-refractivity contribution in [1.29, 1.82) is 0 Å². The van der Waals surface area contributed by atoms with Gasteiger partial charge in [-0.25, -0.2) is 4.79 Å². The van der Waals surface area contributed by atoms with E-state index in [-0.39, 0.29) is 24.9 Å². The minimum absolute atomic E-state index is 0.0120. The molecule has 1 aliphatic carbocycles. The van der Waals surface area contributed by atoms with Crippen molar-refractivity contribution in [1.82, 2.24) is 15.1 Å². The van der Waals surface area contributed by atoms with Crippen LogP contribution >= 0.6 is 0 Å². The summed E-state index contributed by atoms with van der Waals surface area (Å²) in [7, 11) is 3.64. The van der Waals surface area contributed by atoms with Gasteiger partial charge in [-0.15, -0.1) is 0 Å². The summed E-state index contributed by atoms with van der Waals surface area (Å²) in [6.45, 7) is 3.04. The quantitative estimate of drug-likeness (QED) is 0.527. The van der Waals surface area contributed by atoms with Gasteiger partial charge in [-0.1, -0.05) is 48.5 Å². The Morgan fingerprint density at radius 3 is 2.15 bits per heavy atom. The molecule has 0 saturated carbocycles. The van der Waals surface area contributed by atoms with Crippen molar-refractivity contribution in [3.63, 3.8) is 0 Å². The predicted molar refractivity (Wildman–Crippen MR) is 130 cm³/mol. The van der Waals surface area contributed by atoms with Gasteiger partial charge < -0.3 is 25.0 Å². The van der Waals surface area contributed by atoms with Crippen LogP contribution < -0.4 is 5.32 Å². The number of nitrogens with zero attached hydrogens (tertiary/aromatic N) is 2. The summed E-state index contributed by atoms with van der Waals surface area (Å²) in [4.78, 5) is 40.0. The Kier molecular flexibility index (Phi) is 8.65. The molecule has 2 aromatic rings. The van der Waals surface area contributed by atoms with Gasteiger partial charge >= 0.3 is 12.1 Å². The van der Waals surface area contributed by atoms with E-state index >= 15 is 0 Å². The van der Waals surface area contributed by atoms with Gasteiger partial charge in [-0.3, -0.25) is 9.59 Å². The van der Waals surface area contributed by atoms with Crippen LogP contribution in [0.25, 0.3) is 11.1 Å². The molecule has 0 heterocycles. The number of hydrogen-bond acceptors (Lipinski definition) is 5. The van der Waals surface area contributed by atoms with Crippen LogP contribution in [0.15, 0.2) is 48.5 Å². The van der Waals surface area contributed by atoms with Gasteiger partial charge in [-0.2, -0.15) is 0 Å². The summed E-state index contributed by atoms with van der Waals surface area (Å²) < 4.78 is 5.61. The normalized spacial score (nSPS) is 13.2. The molecular weight excluding hydrogens is 434 g/mol. The summed E-state index contributed by atoms with van der Waals surface area (Å²) in [5.74, 6) is -1.22. The minimum Gasteiger partial charge on any atom is -0.481 e. The molecule has 2 amide bonds. The van der Waals surface area contributed by atoms with Gasteiger partial charge in [0, 0.05) is 32.0 Å². The lowest BCUT2D eigenvalue weighted by Crippen LogP contribution is -2.53. The fourth-order valence-electron chi connectivity index (χ4n) is 4.40. The monoisotopic (exact) mass is 467 g/mol. The zero-order valence-corrected chi connectivity index (χ0v) is 20.0. The lowest BCUT2D eigenvalue weighted by atomic mass is 9.98. The minimum atomic E-state index is -0.898. The second-order valence-corrected chi connectivity index (χ2v) is 8.70. The van der Waals surface area contributed by atoms with E-state index in [1.54, 1.807) is 4.90 Å². The van der Waals surface area contributed by atoms with Crippen molar-refractivity contribution in [2.75, 3.05) is 40.3 Å². The summed E-state index contributed by atoms with van der Waals surface area (Å²) in [5, 5.41) is 11.6. The molecule has 8 heteroatoms. The fraction of sp³-hybridized carbons (Fsp3) is 0.423. The highest BCUT2D eigenvalue weighted by Gasteiger charge is 2.30. The Balaban J connectivity index is 1.65. The first kappa shape index (κ1) is 25.2. The van der Waals surface area contributed by atoms with E-state index in [0.29, 0.717) is 26.1 Å². The second kappa shape index (κ2) is 11.7. The molecule has 1 atom stereocenters. The third-order valence-corrected chi connectivity index (χ3v) is 5.99. The molecule has 0 saturated heterocycles. The topological polar surface area (TPSA) is 99.2 Å². The number of carbonyl (C=O) groups excluding carboxylic acids is 2. The summed E-state index contributed by atoms with van der Waals surface area (Å²) >= 11 is 0. The molecule has 2 aromatic carbocycles. The number of nitrogens with one attached hydrogen (secondary N) is 1. The van der Waals surface area contributed by atoms with Crippen molar-refractivity contribution in [2.24, 2.45) is 0 Å². The Morgan fingerprint density at radius 1 is 1.03 bits per heavy atom. The van der Waals surface area contributed by atoms with E-state index in [1.807, 2.05) is 50.2 Å². The van der Waals surface area contributed by atoms with Crippen molar-refractivity contribution in [3.8, 4) is 11.1 Å². The molecule has 0 spiro atoms. The van der Waals surface area contributed by atoms with Gasteiger partial charge in [0.1, 0.15) is 12.6 Å². The Morgan fingerprint density at radius 2 is 1.62 bits per heavy atom. The van der Waals surface area contributed by atoms with Crippen LogP contribution in [0.3, 0.4) is 0 Å². The number of carboxylic acid groups (broad SMARTS) is 1. The number of hydrogen-bond donors (Lipinski definition) is 2. The number of alkyl carbamates (subject to hydrolysis) is 1. The fourth-order valence-corrected chi connectivity index (χ4v) is 4.40. The number of amides is 2. The number of fused-ring (bicyclic) bond motifs is 3. The van der Waals surface area contributed by atoms with Gasteiger partial charge in [0.25, 0.3) is 0 Å². The maximum absolute atomic E-state index is 13.1. The first-order valence-corrected chi connectivity index (χ1v) is 11.6.